The SMILES string of the molecule is C=C(CC(C)C(=O)C=O)C(=C)C1CC2CC(C1)N2C(=O)C(=N)N=C(C)N. The topological polar surface area (TPSA) is 117 Å². The molecular formula is C19H26N4O3. The molecule has 0 spiro atoms. The van der Waals surface area contributed by atoms with Gasteiger partial charge in [-0.3, -0.25) is 19.8 Å². The molecule has 7 nitrogen and oxygen atoms in total. The number of amides is 1. The van der Waals surface area contributed by atoms with Crippen LogP contribution in [-0.4, -0.2) is 46.6 Å². The van der Waals surface area contributed by atoms with Gasteiger partial charge < -0.3 is 10.6 Å². The third-order valence-corrected chi connectivity index (χ3v) is 5.27. The lowest BCUT2D eigenvalue weighted by Gasteiger charge is -2.55. The van der Waals surface area contributed by atoms with E-state index in [9.17, 15) is 14.4 Å². The van der Waals surface area contributed by atoms with Crippen LogP contribution in [0.3, 0.4) is 0 Å². The van der Waals surface area contributed by atoms with Gasteiger partial charge in [0, 0.05) is 18.0 Å². The van der Waals surface area contributed by atoms with Crippen molar-refractivity contribution in [2.75, 3.05) is 0 Å². The van der Waals surface area contributed by atoms with Crippen LogP contribution in [-0.2, 0) is 14.4 Å². The van der Waals surface area contributed by atoms with E-state index in [0.717, 1.165) is 30.4 Å². The summed E-state index contributed by atoms with van der Waals surface area (Å²) in [6, 6.07) is 0.136. The van der Waals surface area contributed by atoms with Crippen molar-refractivity contribution in [1.82, 2.24) is 4.90 Å². The van der Waals surface area contributed by atoms with Crippen LogP contribution in [0.15, 0.2) is 29.3 Å². The van der Waals surface area contributed by atoms with Crippen LogP contribution in [0.5, 0.6) is 0 Å². The number of rotatable bonds is 6. The van der Waals surface area contributed by atoms with Crippen molar-refractivity contribution in [3.05, 3.63) is 24.3 Å². The largest absolute Gasteiger partial charge is 0.387 e. The Kier molecular flexibility index (Phi) is 5.90. The summed E-state index contributed by atoms with van der Waals surface area (Å²) in [6.45, 7) is 11.4. The molecule has 3 aliphatic rings. The van der Waals surface area contributed by atoms with Gasteiger partial charge in [0.1, 0.15) is 0 Å². The highest BCUT2D eigenvalue weighted by atomic mass is 16.2. The van der Waals surface area contributed by atoms with Gasteiger partial charge in [-0.1, -0.05) is 25.7 Å². The van der Waals surface area contributed by atoms with Gasteiger partial charge in [-0.2, -0.15) is 0 Å². The first-order chi connectivity index (χ1) is 12.1. The molecule has 26 heavy (non-hydrogen) atoms. The predicted molar refractivity (Wildman–Crippen MR) is 99.9 cm³/mol. The predicted octanol–water partition coefficient (Wildman–Crippen LogP) is 1.63. The molecule has 140 valence electrons. The van der Waals surface area contributed by atoms with Crippen molar-refractivity contribution in [2.45, 2.75) is 51.6 Å². The lowest BCUT2D eigenvalue weighted by atomic mass is 9.69. The van der Waals surface area contributed by atoms with E-state index in [1.807, 2.05) is 0 Å². The fourth-order valence-electron chi connectivity index (χ4n) is 3.84. The molecule has 2 aliphatic heterocycles. The summed E-state index contributed by atoms with van der Waals surface area (Å²) in [7, 11) is 0. The van der Waals surface area contributed by atoms with Crippen LogP contribution in [0, 0.1) is 17.2 Å². The standard InChI is InChI=1S/C19H26N4O3/c1-10(5-11(2)17(25)9-24)12(3)14-6-15-8-16(7-14)23(15)19(26)18(21)22-13(4)20/h9,11,14-16H,1,3,5-8H2,2,4H3,(H3,20,21,22). The molecule has 0 radical (unpaired) electrons. The highest BCUT2D eigenvalue weighted by molar-refractivity contribution is 6.38. The summed E-state index contributed by atoms with van der Waals surface area (Å²) in [5.74, 6) is -1.16. The fourth-order valence-corrected chi connectivity index (χ4v) is 3.84. The Bertz CT molecular complexity index is 694. The van der Waals surface area contributed by atoms with Gasteiger partial charge in [-0.15, -0.1) is 0 Å². The summed E-state index contributed by atoms with van der Waals surface area (Å²) in [5, 5.41) is 7.76. The van der Waals surface area contributed by atoms with Crippen molar-refractivity contribution >= 4 is 29.6 Å². The first kappa shape index (κ1) is 19.8. The molecule has 1 amide bonds. The maximum Gasteiger partial charge on any atom is 0.291 e. The van der Waals surface area contributed by atoms with E-state index >= 15 is 0 Å². The Morgan fingerprint density at radius 2 is 1.88 bits per heavy atom. The number of carbonyl (C=O) groups is 3. The molecule has 0 aromatic rings. The second-order valence-corrected chi connectivity index (χ2v) is 7.28. The van der Waals surface area contributed by atoms with Crippen molar-refractivity contribution in [3.8, 4) is 0 Å². The molecular weight excluding hydrogens is 332 g/mol. The lowest BCUT2D eigenvalue weighted by Crippen LogP contribution is -2.64. The number of amidine groups is 2. The van der Waals surface area contributed by atoms with Crippen molar-refractivity contribution in [1.29, 1.82) is 5.41 Å². The maximum absolute atomic E-state index is 12.4. The number of hydrogen-bond donors (Lipinski definition) is 2. The zero-order valence-corrected chi connectivity index (χ0v) is 15.3. The number of Topliss-reactive ketones (excluding diaryl/α,β-unsaturated/α-hetero) is 1. The normalized spacial score (nSPS) is 25.7. The summed E-state index contributed by atoms with van der Waals surface area (Å²) >= 11 is 0. The van der Waals surface area contributed by atoms with Crippen molar-refractivity contribution < 1.29 is 14.4 Å². The summed E-state index contributed by atoms with van der Waals surface area (Å²) in [6.07, 6.45) is 3.20. The van der Waals surface area contributed by atoms with E-state index in [1.165, 1.54) is 0 Å². The molecule has 3 rings (SSSR count). The van der Waals surface area contributed by atoms with E-state index in [1.54, 1.807) is 18.7 Å². The fraction of sp³-hybridized carbons (Fsp3) is 0.526. The Morgan fingerprint density at radius 3 is 2.38 bits per heavy atom. The van der Waals surface area contributed by atoms with Gasteiger partial charge in [-0.05, 0) is 44.1 Å². The number of aliphatic imine (C=N–C) groups is 1. The third-order valence-electron chi connectivity index (χ3n) is 5.27. The average Bonchev–Trinajstić information content (AvgIpc) is 2.59. The number of piperidine rings is 1. The number of allylic oxidation sites excluding steroid dienone is 2. The summed E-state index contributed by atoms with van der Waals surface area (Å²) in [5.41, 5.74) is 7.12. The second kappa shape index (κ2) is 7.76. The van der Waals surface area contributed by atoms with Gasteiger partial charge in [0.05, 0.1) is 5.84 Å². The minimum atomic E-state index is -0.434. The molecule has 2 heterocycles. The van der Waals surface area contributed by atoms with E-state index in [0.29, 0.717) is 12.7 Å². The molecule has 2 saturated heterocycles. The highest BCUT2D eigenvalue weighted by Gasteiger charge is 2.49. The number of nitrogens with zero attached hydrogens (tertiary/aromatic N) is 2. The van der Waals surface area contributed by atoms with E-state index in [4.69, 9.17) is 11.1 Å². The number of nitrogens with two attached hydrogens (primary N) is 1. The van der Waals surface area contributed by atoms with Crippen LogP contribution in [0.2, 0.25) is 0 Å². The first-order valence-corrected chi connectivity index (χ1v) is 8.73. The average molecular weight is 358 g/mol. The van der Waals surface area contributed by atoms with Gasteiger partial charge in [-0.25, -0.2) is 4.99 Å². The Hall–Kier alpha value is -2.57. The first-order valence-electron chi connectivity index (χ1n) is 8.73. The molecule has 0 aromatic heterocycles. The van der Waals surface area contributed by atoms with E-state index in [-0.39, 0.29) is 35.6 Å². The molecule has 1 saturated carbocycles. The Balaban J connectivity index is 1.95. The van der Waals surface area contributed by atoms with Crippen LogP contribution < -0.4 is 5.73 Å². The minimum absolute atomic E-state index is 0.0680. The van der Waals surface area contributed by atoms with Gasteiger partial charge in [0.15, 0.2) is 12.1 Å². The lowest BCUT2D eigenvalue weighted by molar-refractivity contribution is -0.143. The molecule has 0 aromatic carbocycles. The van der Waals surface area contributed by atoms with Crippen LogP contribution in [0.1, 0.15) is 39.5 Å². The molecule has 3 fully saturated rings. The molecule has 3 atom stereocenters. The molecule has 7 heteroatoms. The van der Waals surface area contributed by atoms with Crippen molar-refractivity contribution in [3.63, 3.8) is 0 Å². The number of aldehydes is 1. The zero-order valence-electron chi connectivity index (χ0n) is 15.3. The second-order valence-electron chi connectivity index (χ2n) is 7.28. The van der Waals surface area contributed by atoms with Crippen molar-refractivity contribution in [2.24, 2.45) is 22.6 Å². The number of nitrogens with one attached hydrogen (secondary N) is 1. The molecule has 3 unspecified atom stereocenters. The summed E-state index contributed by atoms with van der Waals surface area (Å²) in [4.78, 5) is 39.9. The molecule has 1 aliphatic carbocycles. The smallest absolute Gasteiger partial charge is 0.291 e. The number of ketones is 1. The quantitative estimate of drug-likeness (QED) is 0.247. The van der Waals surface area contributed by atoms with Crippen LogP contribution >= 0.6 is 0 Å². The number of carbonyl (C=O) groups excluding carboxylic acids is 3. The number of hydrogen-bond acceptors (Lipinski definition) is 4. The number of fused-ring (bicyclic) bond motifs is 2. The van der Waals surface area contributed by atoms with E-state index < -0.39 is 11.7 Å². The molecule has 3 N–H and O–H groups in total. The maximum atomic E-state index is 12.4. The zero-order chi connectivity index (χ0) is 19.6. The van der Waals surface area contributed by atoms with Gasteiger partial charge in [0.25, 0.3) is 5.91 Å². The Morgan fingerprint density at radius 1 is 1.31 bits per heavy atom. The van der Waals surface area contributed by atoms with Gasteiger partial charge >= 0.3 is 0 Å². The van der Waals surface area contributed by atoms with E-state index in [2.05, 4.69) is 18.2 Å². The highest BCUT2D eigenvalue weighted by Crippen LogP contribution is 2.45. The monoisotopic (exact) mass is 358 g/mol. The molecule has 2 bridgehead atoms. The third kappa shape index (κ3) is 3.98. The Labute approximate surface area is 153 Å². The van der Waals surface area contributed by atoms with Crippen LogP contribution in [0.4, 0.5) is 0 Å². The van der Waals surface area contributed by atoms with Gasteiger partial charge in [0.2, 0.25) is 5.84 Å². The minimum Gasteiger partial charge on any atom is -0.387 e. The van der Waals surface area contributed by atoms with Crippen LogP contribution in [0.25, 0.3) is 0 Å². The summed E-state index contributed by atoms with van der Waals surface area (Å²) < 4.78 is 0.